The Morgan fingerprint density at radius 2 is 2.07 bits per heavy atom. The van der Waals surface area contributed by atoms with E-state index < -0.39 is 0 Å². The highest BCUT2D eigenvalue weighted by atomic mass is 32.1. The fourth-order valence-electron chi connectivity index (χ4n) is 3.59. The molecule has 0 saturated carbocycles. The van der Waals surface area contributed by atoms with Crippen LogP contribution in [-0.2, 0) is 6.54 Å². The first-order valence-corrected chi connectivity index (χ1v) is 10.4. The Bertz CT molecular complexity index is 739. The van der Waals surface area contributed by atoms with Crippen molar-refractivity contribution in [1.82, 2.24) is 15.5 Å². The van der Waals surface area contributed by atoms with Gasteiger partial charge < -0.3 is 15.4 Å². The molecule has 0 aliphatic carbocycles. The van der Waals surface area contributed by atoms with E-state index in [9.17, 15) is 0 Å². The summed E-state index contributed by atoms with van der Waals surface area (Å²) >= 11 is 1.84. The lowest BCUT2D eigenvalue weighted by atomic mass is 10.1. The Labute approximate surface area is 166 Å². The Balaban J connectivity index is 1.57. The van der Waals surface area contributed by atoms with Gasteiger partial charge in [-0.2, -0.15) is 0 Å². The summed E-state index contributed by atoms with van der Waals surface area (Å²) < 4.78 is 5.34. The minimum atomic E-state index is 0.411. The molecule has 27 heavy (non-hydrogen) atoms. The second-order valence-corrected chi connectivity index (χ2v) is 7.86. The van der Waals surface area contributed by atoms with E-state index >= 15 is 0 Å². The first kappa shape index (κ1) is 19.7. The van der Waals surface area contributed by atoms with E-state index in [1.165, 1.54) is 36.4 Å². The predicted octanol–water partition coefficient (Wildman–Crippen LogP) is 3.57. The van der Waals surface area contributed by atoms with Crippen LogP contribution in [0.1, 0.15) is 34.9 Å². The van der Waals surface area contributed by atoms with Gasteiger partial charge in [-0.3, -0.25) is 9.89 Å². The van der Waals surface area contributed by atoms with Crippen LogP contribution < -0.4 is 15.4 Å². The molecule has 2 heterocycles. The van der Waals surface area contributed by atoms with Gasteiger partial charge in [-0.1, -0.05) is 18.2 Å². The molecule has 1 fully saturated rings. The van der Waals surface area contributed by atoms with E-state index in [-0.39, 0.29) is 0 Å². The molecule has 1 saturated heterocycles. The third-order valence-electron chi connectivity index (χ3n) is 5.06. The molecule has 2 aromatic rings. The summed E-state index contributed by atoms with van der Waals surface area (Å²) in [6.45, 7) is 6.03. The predicted molar refractivity (Wildman–Crippen MR) is 114 cm³/mol. The molecule has 3 rings (SSSR count). The van der Waals surface area contributed by atoms with Gasteiger partial charge in [0.1, 0.15) is 5.75 Å². The normalized spacial score (nSPS) is 16.3. The van der Waals surface area contributed by atoms with E-state index in [0.29, 0.717) is 6.04 Å². The Morgan fingerprint density at radius 3 is 2.70 bits per heavy atom. The number of nitrogens with zero attached hydrogens (tertiary/aromatic N) is 2. The topological polar surface area (TPSA) is 48.9 Å². The van der Waals surface area contributed by atoms with Crippen molar-refractivity contribution in [3.63, 3.8) is 0 Å². The van der Waals surface area contributed by atoms with Crippen molar-refractivity contribution in [2.75, 3.05) is 33.8 Å². The summed E-state index contributed by atoms with van der Waals surface area (Å²) in [7, 11) is 3.53. The van der Waals surface area contributed by atoms with E-state index in [4.69, 9.17) is 4.74 Å². The Hall–Kier alpha value is -2.05. The van der Waals surface area contributed by atoms with Gasteiger partial charge in [-0.15, -0.1) is 11.3 Å². The second-order valence-electron chi connectivity index (χ2n) is 6.88. The van der Waals surface area contributed by atoms with Gasteiger partial charge in [-0.25, -0.2) is 0 Å². The molecular weight excluding hydrogens is 356 g/mol. The molecule has 1 atom stereocenters. The lowest BCUT2D eigenvalue weighted by Gasteiger charge is -2.27. The van der Waals surface area contributed by atoms with Crippen molar-refractivity contribution in [3.8, 4) is 5.75 Å². The number of benzene rings is 1. The molecule has 0 amide bonds. The van der Waals surface area contributed by atoms with Crippen molar-refractivity contribution in [3.05, 3.63) is 51.7 Å². The van der Waals surface area contributed by atoms with Crippen LogP contribution in [0.2, 0.25) is 0 Å². The number of ether oxygens (including phenoxy) is 1. The van der Waals surface area contributed by atoms with Gasteiger partial charge in [0.25, 0.3) is 0 Å². The lowest BCUT2D eigenvalue weighted by molar-refractivity contribution is 0.249. The third kappa shape index (κ3) is 5.23. The Morgan fingerprint density at radius 1 is 1.26 bits per heavy atom. The molecule has 2 N–H and O–H groups in total. The summed E-state index contributed by atoms with van der Waals surface area (Å²) in [5.74, 6) is 1.76. The van der Waals surface area contributed by atoms with Gasteiger partial charge in [0.05, 0.1) is 13.2 Å². The highest BCUT2D eigenvalue weighted by Crippen LogP contribution is 2.27. The molecule has 1 aromatic carbocycles. The fourth-order valence-corrected chi connectivity index (χ4v) is 4.45. The summed E-state index contributed by atoms with van der Waals surface area (Å²) in [5, 5.41) is 9.11. The van der Waals surface area contributed by atoms with E-state index in [1.54, 1.807) is 7.11 Å². The van der Waals surface area contributed by atoms with Gasteiger partial charge >= 0.3 is 0 Å². The van der Waals surface area contributed by atoms with Crippen LogP contribution in [0.15, 0.2) is 40.7 Å². The van der Waals surface area contributed by atoms with Gasteiger partial charge in [-0.05, 0) is 61.5 Å². The summed E-state index contributed by atoms with van der Waals surface area (Å²) in [6, 6.07) is 11.0. The molecule has 0 spiro atoms. The molecule has 1 unspecified atom stereocenters. The van der Waals surface area contributed by atoms with Crippen LogP contribution in [-0.4, -0.2) is 44.7 Å². The smallest absolute Gasteiger partial charge is 0.191 e. The first-order chi connectivity index (χ1) is 13.2. The van der Waals surface area contributed by atoms with Crippen molar-refractivity contribution < 1.29 is 4.74 Å². The molecule has 0 radical (unpaired) electrons. The quantitative estimate of drug-likeness (QED) is 0.564. The second kappa shape index (κ2) is 9.76. The fraction of sp³-hybridized carbons (Fsp3) is 0.476. The number of rotatable bonds is 7. The number of nitrogens with one attached hydrogen (secondary N) is 2. The number of methoxy groups -OCH3 is 1. The molecule has 6 heteroatoms. The number of thiophene rings is 1. The summed E-state index contributed by atoms with van der Waals surface area (Å²) in [6.07, 6.45) is 2.59. The number of hydrogen-bond donors (Lipinski definition) is 2. The minimum Gasteiger partial charge on any atom is -0.496 e. The zero-order valence-electron chi connectivity index (χ0n) is 16.5. The van der Waals surface area contributed by atoms with E-state index in [0.717, 1.165) is 30.4 Å². The molecule has 146 valence electrons. The summed E-state index contributed by atoms with van der Waals surface area (Å²) in [4.78, 5) is 8.40. The van der Waals surface area contributed by atoms with Gasteiger partial charge in [0.15, 0.2) is 5.96 Å². The zero-order chi connectivity index (χ0) is 19.1. The molecular formula is C21H30N4OS. The van der Waals surface area contributed by atoms with Crippen LogP contribution in [0.5, 0.6) is 5.75 Å². The highest BCUT2D eigenvalue weighted by Gasteiger charge is 2.24. The van der Waals surface area contributed by atoms with Crippen molar-refractivity contribution in [2.45, 2.75) is 32.4 Å². The van der Waals surface area contributed by atoms with Crippen LogP contribution in [0.4, 0.5) is 0 Å². The number of guanidine groups is 1. The van der Waals surface area contributed by atoms with E-state index in [2.05, 4.69) is 57.1 Å². The van der Waals surface area contributed by atoms with Crippen LogP contribution >= 0.6 is 11.3 Å². The van der Waals surface area contributed by atoms with Crippen LogP contribution in [0.3, 0.4) is 0 Å². The first-order valence-electron chi connectivity index (χ1n) is 9.56. The van der Waals surface area contributed by atoms with Gasteiger partial charge in [0.2, 0.25) is 0 Å². The number of likely N-dealkylation sites (tertiary alicyclic amines) is 1. The monoisotopic (exact) mass is 386 g/mol. The van der Waals surface area contributed by atoms with Crippen LogP contribution in [0.25, 0.3) is 0 Å². The molecule has 1 aliphatic rings. The molecule has 1 aromatic heterocycles. The van der Waals surface area contributed by atoms with Crippen molar-refractivity contribution in [2.24, 2.45) is 4.99 Å². The SMILES string of the molecule is CN=C(NCc1ccc(OC)c(C)c1)NCC(c1cccs1)N1CCCC1. The summed E-state index contributed by atoms with van der Waals surface area (Å²) in [5.41, 5.74) is 2.36. The maximum absolute atomic E-state index is 5.34. The number of aliphatic imine (C=N–C) groups is 1. The average molecular weight is 387 g/mol. The lowest BCUT2D eigenvalue weighted by Crippen LogP contribution is -2.42. The minimum absolute atomic E-state index is 0.411. The van der Waals surface area contributed by atoms with Crippen LogP contribution in [0, 0.1) is 6.92 Å². The molecule has 5 nitrogen and oxygen atoms in total. The van der Waals surface area contributed by atoms with Gasteiger partial charge in [0, 0.05) is 25.0 Å². The maximum atomic E-state index is 5.34. The van der Waals surface area contributed by atoms with Crippen molar-refractivity contribution in [1.29, 1.82) is 0 Å². The molecule has 1 aliphatic heterocycles. The number of aryl methyl sites for hydroxylation is 1. The third-order valence-corrected chi connectivity index (χ3v) is 6.03. The number of hydrogen-bond acceptors (Lipinski definition) is 4. The molecule has 0 bridgehead atoms. The van der Waals surface area contributed by atoms with E-state index in [1.807, 2.05) is 24.5 Å². The average Bonchev–Trinajstić information content (AvgIpc) is 3.39. The van der Waals surface area contributed by atoms with Crippen molar-refractivity contribution >= 4 is 17.3 Å². The highest BCUT2D eigenvalue weighted by molar-refractivity contribution is 7.10. The zero-order valence-corrected chi connectivity index (χ0v) is 17.3. The maximum Gasteiger partial charge on any atom is 0.191 e. The standard InChI is InChI=1S/C21H30N4OS/c1-16-13-17(8-9-19(16)26-3)14-23-21(22-2)24-15-18(20-7-6-12-27-20)25-10-4-5-11-25/h6-9,12-13,18H,4-5,10-11,14-15H2,1-3H3,(H2,22,23,24). The largest absolute Gasteiger partial charge is 0.496 e. The Kier molecular flexibility index (Phi) is 7.12.